The van der Waals surface area contributed by atoms with Crippen molar-refractivity contribution in [2.45, 2.75) is 24.0 Å². The average molecular weight is 293 g/mol. The minimum atomic E-state index is -3.40. The molecule has 0 spiro atoms. The number of hydrogen-bond donors (Lipinski definition) is 0. The lowest BCUT2D eigenvalue weighted by molar-refractivity contribution is 0.588. The zero-order valence-corrected chi connectivity index (χ0v) is 12.3. The Morgan fingerprint density at radius 3 is 2.68 bits per heavy atom. The Kier molecular flexibility index (Phi) is 3.11. The van der Waals surface area contributed by atoms with Gasteiger partial charge >= 0.3 is 0 Å². The predicted molar refractivity (Wildman–Crippen MR) is 78.4 cm³/mol. The Morgan fingerprint density at radius 2 is 1.95 bits per heavy atom. The van der Waals surface area contributed by atoms with Gasteiger partial charge in [0.2, 0.25) is 0 Å². The molecule has 1 aliphatic heterocycles. The largest absolute Gasteiger partial charge is 0.273 e. The van der Waals surface area contributed by atoms with E-state index in [1.54, 1.807) is 10.4 Å². The van der Waals surface area contributed by atoms with Crippen LogP contribution in [0.5, 0.6) is 0 Å². The normalized spacial score (nSPS) is 15.3. The summed E-state index contributed by atoms with van der Waals surface area (Å²) in [5.41, 5.74) is 1.95. The third-order valence-electron chi connectivity index (χ3n) is 3.33. The van der Waals surface area contributed by atoms with Gasteiger partial charge in [0.1, 0.15) is 4.21 Å². The number of para-hydroxylation sites is 1. The van der Waals surface area contributed by atoms with E-state index in [1.165, 1.54) is 11.3 Å². The molecule has 3 rings (SSSR count). The van der Waals surface area contributed by atoms with Gasteiger partial charge in [-0.2, -0.15) is 0 Å². The Morgan fingerprint density at radius 1 is 1.16 bits per heavy atom. The molecule has 0 unspecified atom stereocenters. The summed E-state index contributed by atoms with van der Waals surface area (Å²) in [6.07, 6.45) is 1.83. The molecule has 0 aliphatic carbocycles. The molecule has 0 atom stereocenters. The molecular formula is C14H15NO2S2. The first-order valence-electron chi connectivity index (χ1n) is 6.26. The first kappa shape index (κ1) is 12.7. The number of anilines is 1. The van der Waals surface area contributed by atoms with Crippen molar-refractivity contribution in [3.8, 4) is 0 Å². The highest BCUT2D eigenvalue weighted by atomic mass is 32.2. The van der Waals surface area contributed by atoms with Crippen LogP contribution in [0.25, 0.3) is 0 Å². The number of rotatable bonds is 2. The van der Waals surface area contributed by atoms with Crippen LogP contribution >= 0.6 is 11.3 Å². The molecule has 1 aromatic heterocycles. The molecule has 1 aromatic carbocycles. The van der Waals surface area contributed by atoms with Crippen LogP contribution in [-0.2, 0) is 16.4 Å². The van der Waals surface area contributed by atoms with Gasteiger partial charge in [0.15, 0.2) is 0 Å². The van der Waals surface area contributed by atoms with Crippen molar-refractivity contribution >= 4 is 27.0 Å². The maximum atomic E-state index is 12.7. The van der Waals surface area contributed by atoms with E-state index in [0.29, 0.717) is 10.8 Å². The van der Waals surface area contributed by atoms with E-state index in [0.717, 1.165) is 29.0 Å². The van der Waals surface area contributed by atoms with E-state index in [2.05, 4.69) is 0 Å². The van der Waals surface area contributed by atoms with Crippen LogP contribution in [0.2, 0.25) is 0 Å². The van der Waals surface area contributed by atoms with E-state index >= 15 is 0 Å². The third kappa shape index (κ3) is 2.17. The van der Waals surface area contributed by atoms with Gasteiger partial charge in [-0.25, -0.2) is 8.42 Å². The minimum absolute atomic E-state index is 0.432. The van der Waals surface area contributed by atoms with Gasteiger partial charge < -0.3 is 0 Å². The van der Waals surface area contributed by atoms with Gasteiger partial charge in [0.05, 0.1) is 5.69 Å². The molecule has 0 saturated heterocycles. The Hall–Kier alpha value is -1.33. The predicted octanol–water partition coefficient (Wildman–Crippen LogP) is 3.20. The standard InChI is InChI=1S/C14H15NO2S2/c1-11-8-9-14(18-11)19(16,17)15-10-4-6-12-5-2-3-7-13(12)15/h2-3,5,7-9H,4,6,10H2,1H3. The van der Waals surface area contributed by atoms with Crippen molar-refractivity contribution in [1.82, 2.24) is 0 Å². The zero-order valence-electron chi connectivity index (χ0n) is 10.7. The number of hydrogen-bond acceptors (Lipinski definition) is 3. The molecule has 0 radical (unpaired) electrons. The molecule has 0 N–H and O–H groups in total. The second-order valence-electron chi connectivity index (χ2n) is 4.67. The smallest absolute Gasteiger partial charge is 0.265 e. The summed E-state index contributed by atoms with van der Waals surface area (Å²) >= 11 is 1.33. The fraction of sp³-hybridized carbons (Fsp3) is 0.286. The molecule has 19 heavy (non-hydrogen) atoms. The molecule has 2 aromatic rings. The summed E-state index contributed by atoms with van der Waals surface area (Å²) in [5, 5.41) is 0. The van der Waals surface area contributed by atoms with Crippen molar-refractivity contribution in [2.75, 3.05) is 10.8 Å². The van der Waals surface area contributed by atoms with Gasteiger partial charge in [-0.15, -0.1) is 11.3 Å². The van der Waals surface area contributed by atoms with Crippen LogP contribution in [0.15, 0.2) is 40.6 Å². The van der Waals surface area contributed by atoms with E-state index in [4.69, 9.17) is 0 Å². The number of thiophene rings is 1. The SMILES string of the molecule is Cc1ccc(S(=O)(=O)N2CCCc3ccccc32)s1. The molecule has 1 aliphatic rings. The quantitative estimate of drug-likeness (QED) is 0.852. The van der Waals surface area contributed by atoms with E-state index in [1.807, 2.05) is 37.3 Å². The van der Waals surface area contributed by atoms with Crippen LogP contribution in [0.4, 0.5) is 5.69 Å². The molecule has 0 amide bonds. The number of aryl methyl sites for hydroxylation is 2. The van der Waals surface area contributed by atoms with Crippen molar-refractivity contribution in [2.24, 2.45) is 0 Å². The number of benzene rings is 1. The highest BCUT2D eigenvalue weighted by Gasteiger charge is 2.29. The highest BCUT2D eigenvalue weighted by molar-refractivity contribution is 7.94. The fourth-order valence-electron chi connectivity index (χ4n) is 2.41. The molecule has 0 fully saturated rings. The van der Waals surface area contributed by atoms with Gasteiger partial charge in [-0.1, -0.05) is 18.2 Å². The van der Waals surface area contributed by atoms with E-state index in [9.17, 15) is 8.42 Å². The lowest BCUT2D eigenvalue weighted by Gasteiger charge is -2.29. The molecule has 0 bridgehead atoms. The molecule has 100 valence electrons. The van der Waals surface area contributed by atoms with Gasteiger partial charge in [0.25, 0.3) is 10.0 Å². The average Bonchev–Trinajstić information content (AvgIpc) is 2.85. The Labute approximate surface area is 117 Å². The topological polar surface area (TPSA) is 37.4 Å². The monoisotopic (exact) mass is 293 g/mol. The van der Waals surface area contributed by atoms with Crippen LogP contribution in [0, 0.1) is 6.92 Å². The number of fused-ring (bicyclic) bond motifs is 1. The van der Waals surface area contributed by atoms with Crippen LogP contribution in [0.3, 0.4) is 0 Å². The molecule has 3 nitrogen and oxygen atoms in total. The Balaban J connectivity index is 2.08. The van der Waals surface area contributed by atoms with Crippen LogP contribution < -0.4 is 4.31 Å². The number of sulfonamides is 1. The summed E-state index contributed by atoms with van der Waals surface area (Å²) in [4.78, 5) is 1.02. The van der Waals surface area contributed by atoms with Gasteiger partial charge in [0, 0.05) is 11.4 Å². The second-order valence-corrected chi connectivity index (χ2v) is 8.05. The lowest BCUT2D eigenvalue weighted by atomic mass is 10.0. The first-order chi connectivity index (χ1) is 9.09. The maximum Gasteiger partial charge on any atom is 0.273 e. The summed E-state index contributed by atoms with van der Waals surface area (Å²) in [5.74, 6) is 0. The molecular weight excluding hydrogens is 278 g/mol. The van der Waals surface area contributed by atoms with Crippen LogP contribution in [-0.4, -0.2) is 15.0 Å². The number of nitrogens with zero attached hydrogens (tertiary/aromatic N) is 1. The van der Waals surface area contributed by atoms with E-state index < -0.39 is 10.0 Å². The molecule has 5 heteroatoms. The molecule has 2 heterocycles. The summed E-state index contributed by atoms with van der Waals surface area (Å²) in [7, 11) is -3.40. The Bertz CT molecular complexity index is 704. The summed E-state index contributed by atoms with van der Waals surface area (Å²) in [6.45, 7) is 2.49. The van der Waals surface area contributed by atoms with Crippen LogP contribution in [0.1, 0.15) is 16.9 Å². The fourth-order valence-corrected chi connectivity index (χ4v) is 5.35. The van der Waals surface area contributed by atoms with E-state index in [-0.39, 0.29) is 0 Å². The molecule has 0 saturated carbocycles. The van der Waals surface area contributed by atoms with Gasteiger partial charge in [-0.05, 0) is 43.5 Å². The third-order valence-corrected chi connectivity index (χ3v) is 6.61. The van der Waals surface area contributed by atoms with Crippen molar-refractivity contribution in [3.63, 3.8) is 0 Å². The first-order valence-corrected chi connectivity index (χ1v) is 8.52. The zero-order chi connectivity index (χ0) is 13.5. The maximum absolute atomic E-state index is 12.7. The highest BCUT2D eigenvalue weighted by Crippen LogP contribution is 2.33. The lowest BCUT2D eigenvalue weighted by Crippen LogP contribution is -2.35. The van der Waals surface area contributed by atoms with Crippen molar-refractivity contribution in [3.05, 3.63) is 46.8 Å². The van der Waals surface area contributed by atoms with Crippen molar-refractivity contribution in [1.29, 1.82) is 0 Å². The van der Waals surface area contributed by atoms with Crippen molar-refractivity contribution < 1.29 is 8.42 Å². The summed E-state index contributed by atoms with van der Waals surface area (Å²) < 4.78 is 27.4. The summed E-state index contributed by atoms with van der Waals surface area (Å²) in [6, 6.07) is 11.3. The minimum Gasteiger partial charge on any atom is -0.265 e. The second kappa shape index (κ2) is 4.65. The van der Waals surface area contributed by atoms with Gasteiger partial charge in [-0.3, -0.25) is 4.31 Å².